The Bertz CT molecular complexity index is 407. The largest absolute Gasteiger partial charge is 0.348 e. The van der Waals surface area contributed by atoms with Crippen molar-refractivity contribution in [3.05, 3.63) is 17.5 Å². The normalized spacial score (nSPS) is 20.5. The minimum Gasteiger partial charge on any atom is -0.348 e. The molecule has 1 aromatic rings. The van der Waals surface area contributed by atoms with Crippen molar-refractivity contribution in [3.63, 3.8) is 0 Å². The van der Waals surface area contributed by atoms with E-state index >= 15 is 0 Å². The van der Waals surface area contributed by atoms with Crippen molar-refractivity contribution in [2.24, 2.45) is 13.0 Å². The number of halogens is 1. The highest BCUT2D eigenvalue weighted by molar-refractivity contribution is 5.92. The summed E-state index contributed by atoms with van der Waals surface area (Å²) in [6, 6.07) is 2.01. The van der Waals surface area contributed by atoms with Gasteiger partial charge in [0.05, 0.1) is 0 Å². The second-order valence-corrected chi connectivity index (χ2v) is 5.16. The number of rotatable bonds is 3. The Balaban J connectivity index is 0.00000180. The van der Waals surface area contributed by atoms with Crippen LogP contribution in [0.2, 0.25) is 0 Å². The number of carbonyl (C=O) groups excluding carboxylic acids is 1. The monoisotopic (exact) mass is 286 g/mol. The lowest BCUT2D eigenvalue weighted by atomic mass is 9.93. The number of nitrogens with one attached hydrogen (secondary N) is 2. The zero-order chi connectivity index (χ0) is 13.1. The zero-order valence-corrected chi connectivity index (χ0v) is 12.6. The Kier molecular flexibility index (Phi) is 5.82. The van der Waals surface area contributed by atoms with Gasteiger partial charge in [0.2, 0.25) is 0 Å². The van der Waals surface area contributed by atoms with E-state index in [9.17, 15) is 4.79 Å². The first-order valence-corrected chi connectivity index (χ1v) is 6.60. The van der Waals surface area contributed by atoms with E-state index in [0.717, 1.165) is 18.8 Å². The molecule has 2 atom stereocenters. The van der Waals surface area contributed by atoms with Crippen LogP contribution in [0.5, 0.6) is 0 Å². The summed E-state index contributed by atoms with van der Waals surface area (Å²) in [5.74, 6) is 0.448. The molecular weight excluding hydrogens is 264 g/mol. The number of aryl methyl sites for hydroxylation is 2. The van der Waals surface area contributed by atoms with Crippen molar-refractivity contribution in [2.75, 3.05) is 13.1 Å². The second kappa shape index (κ2) is 6.91. The van der Waals surface area contributed by atoms with Gasteiger partial charge in [0, 0.05) is 18.8 Å². The van der Waals surface area contributed by atoms with E-state index in [1.165, 1.54) is 12.8 Å². The van der Waals surface area contributed by atoms with Crippen LogP contribution in [-0.4, -0.2) is 34.8 Å². The third-order valence-electron chi connectivity index (χ3n) is 3.75. The smallest absolute Gasteiger partial charge is 0.272 e. The van der Waals surface area contributed by atoms with Crippen molar-refractivity contribution in [3.8, 4) is 0 Å². The van der Waals surface area contributed by atoms with Gasteiger partial charge in [-0.25, -0.2) is 0 Å². The van der Waals surface area contributed by atoms with Gasteiger partial charge in [-0.3, -0.25) is 9.48 Å². The van der Waals surface area contributed by atoms with Gasteiger partial charge in [0.15, 0.2) is 0 Å². The van der Waals surface area contributed by atoms with Crippen molar-refractivity contribution in [1.29, 1.82) is 0 Å². The van der Waals surface area contributed by atoms with Gasteiger partial charge in [-0.15, -0.1) is 12.4 Å². The highest BCUT2D eigenvalue weighted by Gasteiger charge is 2.22. The van der Waals surface area contributed by atoms with Crippen LogP contribution < -0.4 is 10.6 Å². The summed E-state index contributed by atoms with van der Waals surface area (Å²) < 4.78 is 1.72. The standard InChI is InChI=1S/C13H22N4O.ClH/c1-9-7-12(16-17(9)3)13(18)15-10(2)11-5-4-6-14-8-11;/h7,10-11,14H,4-6,8H2,1-3H3,(H,15,18);1H. The van der Waals surface area contributed by atoms with Crippen LogP contribution in [0.25, 0.3) is 0 Å². The Hall–Kier alpha value is -1.07. The van der Waals surface area contributed by atoms with Crippen molar-refractivity contribution < 1.29 is 4.79 Å². The van der Waals surface area contributed by atoms with Gasteiger partial charge in [-0.2, -0.15) is 5.10 Å². The first kappa shape index (κ1) is 16.0. The van der Waals surface area contributed by atoms with Gasteiger partial charge in [0.1, 0.15) is 5.69 Å². The van der Waals surface area contributed by atoms with Crippen molar-refractivity contribution >= 4 is 18.3 Å². The molecule has 2 unspecified atom stereocenters. The number of nitrogens with zero attached hydrogens (tertiary/aromatic N) is 2. The van der Waals surface area contributed by atoms with E-state index in [0.29, 0.717) is 11.6 Å². The molecule has 0 spiro atoms. The van der Waals surface area contributed by atoms with Crippen LogP contribution >= 0.6 is 12.4 Å². The van der Waals surface area contributed by atoms with Gasteiger partial charge in [-0.05, 0) is 51.8 Å². The van der Waals surface area contributed by atoms with Crippen LogP contribution in [-0.2, 0) is 7.05 Å². The maximum absolute atomic E-state index is 12.1. The Labute approximate surface area is 120 Å². The number of hydrogen-bond donors (Lipinski definition) is 2. The number of amides is 1. The highest BCUT2D eigenvalue weighted by atomic mass is 35.5. The van der Waals surface area contributed by atoms with Gasteiger partial charge >= 0.3 is 0 Å². The number of carbonyl (C=O) groups is 1. The Morgan fingerprint density at radius 1 is 1.63 bits per heavy atom. The van der Waals surface area contributed by atoms with Gasteiger partial charge in [0.25, 0.3) is 5.91 Å². The van der Waals surface area contributed by atoms with E-state index in [4.69, 9.17) is 0 Å². The van der Waals surface area contributed by atoms with Crippen LogP contribution in [0.3, 0.4) is 0 Å². The van der Waals surface area contributed by atoms with Crippen molar-refractivity contribution in [2.45, 2.75) is 32.7 Å². The lowest BCUT2D eigenvalue weighted by Crippen LogP contribution is -2.44. The molecule has 6 heteroatoms. The molecule has 0 aromatic carbocycles. The molecule has 1 fully saturated rings. The van der Waals surface area contributed by atoms with E-state index < -0.39 is 0 Å². The van der Waals surface area contributed by atoms with E-state index in [2.05, 4.69) is 22.7 Å². The summed E-state index contributed by atoms with van der Waals surface area (Å²) in [4.78, 5) is 12.1. The minimum absolute atomic E-state index is 0. The fourth-order valence-corrected chi connectivity index (χ4v) is 2.38. The fraction of sp³-hybridized carbons (Fsp3) is 0.692. The molecule has 1 aliphatic rings. The van der Waals surface area contributed by atoms with Crippen LogP contribution in [0, 0.1) is 12.8 Å². The van der Waals surface area contributed by atoms with E-state index in [1.807, 2.05) is 20.0 Å². The summed E-state index contributed by atoms with van der Waals surface area (Å²) in [6.45, 7) is 6.10. The summed E-state index contributed by atoms with van der Waals surface area (Å²) >= 11 is 0. The van der Waals surface area contributed by atoms with E-state index in [1.54, 1.807) is 4.68 Å². The molecule has 2 N–H and O–H groups in total. The molecule has 108 valence electrons. The summed E-state index contributed by atoms with van der Waals surface area (Å²) in [5.41, 5.74) is 1.50. The molecule has 2 rings (SSSR count). The zero-order valence-electron chi connectivity index (χ0n) is 11.8. The highest BCUT2D eigenvalue weighted by Crippen LogP contribution is 2.14. The SMILES string of the molecule is Cc1cc(C(=O)NC(C)C2CCCNC2)nn1C.Cl. The molecule has 0 bridgehead atoms. The minimum atomic E-state index is -0.0724. The molecule has 2 heterocycles. The fourth-order valence-electron chi connectivity index (χ4n) is 2.38. The number of aromatic nitrogens is 2. The van der Waals surface area contributed by atoms with Crippen LogP contribution in [0.4, 0.5) is 0 Å². The average molecular weight is 287 g/mol. The summed E-state index contributed by atoms with van der Waals surface area (Å²) in [6.07, 6.45) is 2.36. The van der Waals surface area contributed by atoms with Crippen molar-refractivity contribution in [1.82, 2.24) is 20.4 Å². The molecule has 5 nitrogen and oxygen atoms in total. The number of hydrogen-bond acceptors (Lipinski definition) is 3. The predicted octanol–water partition coefficient (Wildman–Crippen LogP) is 1.27. The molecule has 1 amide bonds. The summed E-state index contributed by atoms with van der Waals surface area (Å²) in [5, 5.41) is 10.6. The van der Waals surface area contributed by atoms with E-state index in [-0.39, 0.29) is 24.4 Å². The molecule has 0 radical (unpaired) electrons. The molecule has 1 aromatic heterocycles. The average Bonchev–Trinajstić information content (AvgIpc) is 2.71. The van der Waals surface area contributed by atoms with Crippen LogP contribution in [0.15, 0.2) is 6.07 Å². The maximum atomic E-state index is 12.1. The number of piperidine rings is 1. The first-order valence-electron chi connectivity index (χ1n) is 6.60. The molecule has 0 saturated carbocycles. The third kappa shape index (κ3) is 3.94. The lowest BCUT2D eigenvalue weighted by Gasteiger charge is -2.28. The molecule has 1 aliphatic heterocycles. The predicted molar refractivity (Wildman–Crippen MR) is 77.7 cm³/mol. The Morgan fingerprint density at radius 3 is 2.89 bits per heavy atom. The van der Waals surface area contributed by atoms with Gasteiger partial charge in [-0.1, -0.05) is 0 Å². The second-order valence-electron chi connectivity index (χ2n) is 5.16. The molecular formula is C13H23ClN4O. The first-order chi connectivity index (χ1) is 8.58. The molecule has 19 heavy (non-hydrogen) atoms. The lowest BCUT2D eigenvalue weighted by molar-refractivity contribution is 0.0916. The quantitative estimate of drug-likeness (QED) is 0.880. The topological polar surface area (TPSA) is 59.0 Å². The molecule has 1 saturated heterocycles. The maximum Gasteiger partial charge on any atom is 0.272 e. The Morgan fingerprint density at radius 2 is 2.37 bits per heavy atom. The third-order valence-corrected chi connectivity index (χ3v) is 3.75. The van der Waals surface area contributed by atoms with Gasteiger partial charge < -0.3 is 10.6 Å². The summed E-state index contributed by atoms with van der Waals surface area (Å²) in [7, 11) is 1.85. The van der Waals surface area contributed by atoms with Crippen LogP contribution in [0.1, 0.15) is 35.9 Å². The molecule has 0 aliphatic carbocycles.